The number of nitrogens with one attached hydrogen (secondary N) is 1. The lowest BCUT2D eigenvalue weighted by molar-refractivity contribution is 0.415. The summed E-state index contributed by atoms with van der Waals surface area (Å²) in [4.78, 5) is 5.50. The molecule has 0 saturated carbocycles. The Kier molecular flexibility index (Phi) is 5.69. The summed E-state index contributed by atoms with van der Waals surface area (Å²) >= 11 is 1.58. The van der Waals surface area contributed by atoms with E-state index in [1.54, 1.807) is 25.3 Å². The van der Waals surface area contributed by atoms with E-state index in [0.717, 1.165) is 38.7 Å². The van der Waals surface area contributed by atoms with E-state index < -0.39 is 0 Å². The molecule has 1 unspecified atom stereocenters. The minimum absolute atomic E-state index is 0.150. The molecule has 1 atom stereocenters. The molecular weight excluding hydrogens is 384 g/mol. The first-order valence-electron chi connectivity index (χ1n) is 9.25. The van der Waals surface area contributed by atoms with Crippen molar-refractivity contribution in [3.63, 3.8) is 0 Å². The van der Waals surface area contributed by atoms with Crippen LogP contribution in [0, 0.1) is 0 Å². The fourth-order valence-electron chi connectivity index (χ4n) is 2.90. The highest BCUT2D eigenvalue weighted by Crippen LogP contribution is 2.31. The van der Waals surface area contributed by atoms with Crippen LogP contribution in [0.25, 0.3) is 10.9 Å². The van der Waals surface area contributed by atoms with Crippen LogP contribution >= 0.6 is 11.9 Å². The number of aryl methyl sites for hydroxylation is 1. The van der Waals surface area contributed by atoms with E-state index in [9.17, 15) is 0 Å². The second kappa shape index (κ2) is 8.55. The maximum Gasteiger partial charge on any atom is 0.138 e. The van der Waals surface area contributed by atoms with Gasteiger partial charge in [0.1, 0.15) is 17.2 Å². The number of methoxy groups -OCH3 is 1. The number of pyridine rings is 1. The number of hydrogen-bond acceptors (Lipinski definition) is 6. The van der Waals surface area contributed by atoms with Gasteiger partial charge in [0, 0.05) is 35.8 Å². The number of nitrogens with zero attached hydrogens (tertiary/aromatic N) is 3. The second-order valence-electron chi connectivity index (χ2n) is 6.62. The topological polar surface area (TPSA) is 61.2 Å². The van der Waals surface area contributed by atoms with Crippen LogP contribution in [-0.4, -0.2) is 21.9 Å². The van der Waals surface area contributed by atoms with Gasteiger partial charge in [0.05, 0.1) is 24.4 Å². The Morgan fingerprint density at radius 1 is 1.03 bits per heavy atom. The quantitative estimate of drug-likeness (QED) is 0.430. The predicted molar refractivity (Wildman–Crippen MR) is 115 cm³/mol. The number of rotatable bonds is 7. The molecule has 4 aromatic rings. The molecular formula is C22H22N4O2S. The molecule has 4 rings (SSSR count). The lowest BCUT2D eigenvalue weighted by Crippen LogP contribution is -2.11. The van der Waals surface area contributed by atoms with E-state index in [1.807, 2.05) is 72.5 Å². The fourth-order valence-corrected chi connectivity index (χ4v) is 3.61. The van der Waals surface area contributed by atoms with Crippen LogP contribution < -0.4 is 14.2 Å². The van der Waals surface area contributed by atoms with E-state index in [0.29, 0.717) is 0 Å². The molecule has 0 fully saturated rings. The van der Waals surface area contributed by atoms with E-state index in [1.165, 1.54) is 0 Å². The maximum absolute atomic E-state index is 6.09. The van der Waals surface area contributed by atoms with Gasteiger partial charge in [0.25, 0.3) is 0 Å². The first-order valence-corrected chi connectivity index (χ1v) is 10.1. The Hall–Kier alpha value is -3.03. The van der Waals surface area contributed by atoms with Gasteiger partial charge >= 0.3 is 0 Å². The van der Waals surface area contributed by atoms with Gasteiger partial charge < -0.3 is 9.47 Å². The predicted octanol–water partition coefficient (Wildman–Crippen LogP) is 5.13. The average molecular weight is 407 g/mol. The van der Waals surface area contributed by atoms with Gasteiger partial charge in [-0.15, -0.1) is 0 Å². The van der Waals surface area contributed by atoms with Crippen molar-refractivity contribution in [3.8, 4) is 17.2 Å². The van der Waals surface area contributed by atoms with Gasteiger partial charge in [-0.05, 0) is 67.4 Å². The molecule has 0 amide bonds. The molecule has 0 saturated heterocycles. The Morgan fingerprint density at radius 2 is 1.83 bits per heavy atom. The zero-order chi connectivity index (χ0) is 20.2. The SMILES string of the molecule is COc1ccc2c(Oc3ccc(SNC(C)c4ccn(C)n4)cc3)ccnc2c1. The monoisotopic (exact) mass is 406 g/mol. The second-order valence-corrected chi connectivity index (χ2v) is 7.53. The zero-order valence-electron chi connectivity index (χ0n) is 16.5. The van der Waals surface area contributed by atoms with Gasteiger partial charge in [-0.3, -0.25) is 14.4 Å². The van der Waals surface area contributed by atoms with Crippen molar-refractivity contribution in [2.75, 3.05) is 7.11 Å². The smallest absolute Gasteiger partial charge is 0.138 e. The largest absolute Gasteiger partial charge is 0.497 e. The standard InChI is InChI=1S/C22H22N4O2S/c1-15(20-11-13-26(2)24-20)25-29-18-7-4-16(5-8-18)28-22-10-12-23-21-14-17(27-3)6-9-19(21)22/h4-15,25H,1-3H3. The lowest BCUT2D eigenvalue weighted by Gasteiger charge is -2.12. The van der Waals surface area contributed by atoms with Crippen molar-refractivity contribution in [1.29, 1.82) is 0 Å². The summed E-state index contributed by atoms with van der Waals surface area (Å²) in [6.07, 6.45) is 3.69. The van der Waals surface area contributed by atoms with Crippen molar-refractivity contribution < 1.29 is 9.47 Å². The lowest BCUT2D eigenvalue weighted by atomic mass is 10.2. The van der Waals surface area contributed by atoms with Crippen molar-refractivity contribution >= 4 is 22.9 Å². The molecule has 2 aromatic heterocycles. The highest BCUT2D eigenvalue weighted by molar-refractivity contribution is 7.97. The summed E-state index contributed by atoms with van der Waals surface area (Å²) in [5, 5.41) is 5.37. The Bertz CT molecular complexity index is 1110. The molecule has 0 aliphatic heterocycles. The normalized spacial score (nSPS) is 12.1. The van der Waals surface area contributed by atoms with Crippen LogP contribution in [0.3, 0.4) is 0 Å². The van der Waals surface area contributed by atoms with Crippen LogP contribution in [0.15, 0.2) is 71.9 Å². The van der Waals surface area contributed by atoms with Crippen LogP contribution in [0.1, 0.15) is 18.7 Å². The summed E-state index contributed by atoms with van der Waals surface area (Å²) in [6.45, 7) is 2.09. The van der Waals surface area contributed by atoms with Crippen LogP contribution in [0.2, 0.25) is 0 Å². The molecule has 6 nitrogen and oxygen atoms in total. The van der Waals surface area contributed by atoms with E-state index in [4.69, 9.17) is 9.47 Å². The Labute approximate surface area is 174 Å². The van der Waals surface area contributed by atoms with Crippen molar-refractivity contribution in [2.24, 2.45) is 7.05 Å². The Morgan fingerprint density at radius 3 is 2.55 bits per heavy atom. The Balaban J connectivity index is 1.42. The summed E-state index contributed by atoms with van der Waals surface area (Å²) in [6, 6.07) is 17.8. The first kappa shape index (κ1) is 19.3. The van der Waals surface area contributed by atoms with Gasteiger partial charge in [-0.2, -0.15) is 5.10 Å². The highest BCUT2D eigenvalue weighted by atomic mass is 32.2. The average Bonchev–Trinajstić information content (AvgIpc) is 3.19. The molecule has 0 aliphatic carbocycles. The maximum atomic E-state index is 6.09. The van der Waals surface area contributed by atoms with E-state index in [-0.39, 0.29) is 6.04 Å². The summed E-state index contributed by atoms with van der Waals surface area (Å²) in [5.41, 5.74) is 1.85. The molecule has 148 valence electrons. The first-order chi connectivity index (χ1) is 14.1. The van der Waals surface area contributed by atoms with Gasteiger partial charge in [0.2, 0.25) is 0 Å². The molecule has 0 bridgehead atoms. The molecule has 7 heteroatoms. The van der Waals surface area contributed by atoms with Crippen LogP contribution in [0.4, 0.5) is 0 Å². The minimum atomic E-state index is 0.150. The molecule has 0 spiro atoms. The number of benzene rings is 2. The molecule has 0 radical (unpaired) electrons. The zero-order valence-corrected chi connectivity index (χ0v) is 17.3. The van der Waals surface area contributed by atoms with Crippen molar-refractivity contribution in [1.82, 2.24) is 19.5 Å². The van der Waals surface area contributed by atoms with Gasteiger partial charge in [-0.1, -0.05) is 0 Å². The number of hydrogen-bond donors (Lipinski definition) is 1. The third-order valence-electron chi connectivity index (χ3n) is 4.49. The van der Waals surface area contributed by atoms with Crippen LogP contribution in [-0.2, 0) is 7.05 Å². The van der Waals surface area contributed by atoms with Gasteiger partial charge in [-0.25, -0.2) is 0 Å². The molecule has 0 aliphatic rings. The van der Waals surface area contributed by atoms with E-state index >= 15 is 0 Å². The number of ether oxygens (including phenoxy) is 2. The fraction of sp³-hybridized carbons (Fsp3) is 0.182. The molecule has 2 heterocycles. The van der Waals surface area contributed by atoms with Gasteiger partial charge in [0.15, 0.2) is 0 Å². The third-order valence-corrected chi connectivity index (χ3v) is 5.47. The number of fused-ring (bicyclic) bond motifs is 1. The number of aromatic nitrogens is 3. The highest BCUT2D eigenvalue weighted by Gasteiger charge is 2.09. The minimum Gasteiger partial charge on any atom is -0.497 e. The molecule has 2 aromatic carbocycles. The van der Waals surface area contributed by atoms with Crippen molar-refractivity contribution in [3.05, 3.63) is 72.7 Å². The van der Waals surface area contributed by atoms with Crippen LogP contribution in [0.5, 0.6) is 17.2 Å². The molecule has 1 N–H and O–H groups in total. The van der Waals surface area contributed by atoms with E-state index in [2.05, 4.69) is 21.7 Å². The molecule has 29 heavy (non-hydrogen) atoms. The van der Waals surface area contributed by atoms with Crippen molar-refractivity contribution in [2.45, 2.75) is 17.9 Å². The summed E-state index contributed by atoms with van der Waals surface area (Å²) in [5.74, 6) is 2.31. The summed E-state index contributed by atoms with van der Waals surface area (Å²) < 4.78 is 16.6. The summed E-state index contributed by atoms with van der Waals surface area (Å²) in [7, 11) is 3.57. The third kappa shape index (κ3) is 4.52.